The van der Waals surface area contributed by atoms with E-state index < -0.39 is 12.2 Å². The standard InChI is InChI=1S/C17H23N5O2/c1-13(23)11-22(12-14(2)24)17-9-8-16(20-21-17)19-18-10-15-6-4-3-5-7-15/h3-10,13-14,23-24H,11-12H2,1-2H3,(H,19,20)/b18-10-/t13-,14-/m1/s1. The molecule has 0 aliphatic carbocycles. The van der Waals surface area contributed by atoms with Gasteiger partial charge >= 0.3 is 0 Å². The molecule has 1 aromatic heterocycles. The Kier molecular flexibility index (Phi) is 6.65. The Balaban J connectivity index is 1.99. The average Bonchev–Trinajstić information content (AvgIpc) is 2.55. The van der Waals surface area contributed by atoms with Crippen LogP contribution in [0.15, 0.2) is 47.6 Å². The third-order valence-corrected chi connectivity index (χ3v) is 3.14. The van der Waals surface area contributed by atoms with Crippen molar-refractivity contribution in [3.05, 3.63) is 48.0 Å². The van der Waals surface area contributed by atoms with E-state index in [1.54, 1.807) is 37.1 Å². The Hall–Kier alpha value is -2.51. The van der Waals surface area contributed by atoms with Gasteiger partial charge in [0.25, 0.3) is 0 Å². The number of anilines is 2. The summed E-state index contributed by atoms with van der Waals surface area (Å²) in [5.41, 5.74) is 3.80. The van der Waals surface area contributed by atoms with E-state index in [-0.39, 0.29) is 0 Å². The number of nitrogens with one attached hydrogen (secondary N) is 1. The molecule has 0 fully saturated rings. The molecule has 2 aromatic rings. The van der Waals surface area contributed by atoms with Crippen LogP contribution < -0.4 is 10.3 Å². The molecule has 0 bridgehead atoms. The summed E-state index contributed by atoms with van der Waals surface area (Å²) in [5, 5.41) is 31.5. The molecule has 1 aromatic carbocycles. The topological polar surface area (TPSA) is 93.9 Å². The second-order valence-electron chi connectivity index (χ2n) is 5.66. The van der Waals surface area contributed by atoms with E-state index >= 15 is 0 Å². The normalized spacial score (nSPS) is 13.7. The molecule has 0 spiro atoms. The largest absolute Gasteiger partial charge is 0.392 e. The van der Waals surface area contributed by atoms with Gasteiger partial charge in [0.15, 0.2) is 11.6 Å². The van der Waals surface area contributed by atoms with Crippen LogP contribution in [-0.4, -0.2) is 51.9 Å². The predicted octanol–water partition coefficient (Wildman–Crippen LogP) is 1.49. The van der Waals surface area contributed by atoms with Crippen LogP contribution in [0.4, 0.5) is 11.6 Å². The van der Waals surface area contributed by atoms with E-state index in [1.165, 1.54) is 0 Å². The molecule has 0 aliphatic heterocycles. The summed E-state index contributed by atoms with van der Waals surface area (Å²) in [6.07, 6.45) is 0.639. The Morgan fingerprint density at radius 3 is 2.25 bits per heavy atom. The fourth-order valence-electron chi connectivity index (χ4n) is 2.17. The molecule has 7 heteroatoms. The van der Waals surface area contributed by atoms with Gasteiger partial charge in [-0.2, -0.15) is 5.10 Å². The third kappa shape index (κ3) is 5.94. The fraction of sp³-hybridized carbons (Fsp3) is 0.353. The Morgan fingerprint density at radius 1 is 1.04 bits per heavy atom. The summed E-state index contributed by atoms with van der Waals surface area (Å²) >= 11 is 0. The molecule has 0 amide bonds. The van der Waals surface area contributed by atoms with Crippen molar-refractivity contribution >= 4 is 17.9 Å². The summed E-state index contributed by atoms with van der Waals surface area (Å²) in [5.74, 6) is 1.11. The van der Waals surface area contributed by atoms with Crippen molar-refractivity contribution in [2.45, 2.75) is 26.1 Å². The molecule has 2 rings (SSSR count). The number of hydrazone groups is 1. The van der Waals surface area contributed by atoms with Gasteiger partial charge in [-0.1, -0.05) is 30.3 Å². The van der Waals surface area contributed by atoms with Gasteiger partial charge < -0.3 is 15.1 Å². The van der Waals surface area contributed by atoms with Gasteiger partial charge in [-0.05, 0) is 31.5 Å². The average molecular weight is 329 g/mol. The van der Waals surface area contributed by atoms with E-state index in [9.17, 15) is 10.2 Å². The first-order valence-corrected chi connectivity index (χ1v) is 7.83. The van der Waals surface area contributed by atoms with Crippen LogP contribution in [-0.2, 0) is 0 Å². The van der Waals surface area contributed by atoms with E-state index in [0.29, 0.717) is 24.7 Å². The lowest BCUT2D eigenvalue weighted by molar-refractivity contribution is 0.177. The van der Waals surface area contributed by atoms with Crippen molar-refractivity contribution in [2.24, 2.45) is 5.10 Å². The molecule has 0 unspecified atom stereocenters. The minimum atomic E-state index is -0.529. The second kappa shape index (κ2) is 8.95. The molecule has 128 valence electrons. The molecule has 1 heterocycles. The van der Waals surface area contributed by atoms with Gasteiger partial charge in [0.05, 0.1) is 18.4 Å². The monoisotopic (exact) mass is 329 g/mol. The molecular weight excluding hydrogens is 306 g/mol. The van der Waals surface area contributed by atoms with Gasteiger partial charge in [-0.3, -0.25) is 5.43 Å². The van der Waals surface area contributed by atoms with Gasteiger partial charge in [0, 0.05) is 13.1 Å². The fourth-order valence-corrected chi connectivity index (χ4v) is 2.17. The summed E-state index contributed by atoms with van der Waals surface area (Å²) in [6, 6.07) is 13.2. The number of nitrogens with zero attached hydrogens (tertiary/aromatic N) is 4. The van der Waals surface area contributed by atoms with Gasteiger partial charge in [-0.25, -0.2) is 0 Å². The van der Waals surface area contributed by atoms with Crippen molar-refractivity contribution in [1.82, 2.24) is 10.2 Å². The maximum Gasteiger partial charge on any atom is 0.168 e. The zero-order valence-electron chi connectivity index (χ0n) is 13.9. The molecule has 0 aliphatic rings. The van der Waals surface area contributed by atoms with E-state index in [2.05, 4.69) is 20.7 Å². The molecular formula is C17H23N5O2. The summed E-state index contributed by atoms with van der Waals surface area (Å²) in [7, 11) is 0. The number of aromatic nitrogens is 2. The molecule has 0 radical (unpaired) electrons. The number of hydrogen-bond acceptors (Lipinski definition) is 7. The van der Waals surface area contributed by atoms with E-state index in [4.69, 9.17) is 0 Å². The number of rotatable bonds is 8. The quantitative estimate of drug-likeness (QED) is 0.502. The van der Waals surface area contributed by atoms with E-state index in [0.717, 1.165) is 5.56 Å². The highest BCUT2D eigenvalue weighted by Gasteiger charge is 2.13. The van der Waals surface area contributed by atoms with Gasteiger partial charge in [-0.15, -0.1) is 10.2 Å². The van der Waals surface area contributed by atoms with Crippen LogP contribution in [0.3, 0.4) is 0 Å². The zero-order chi connectivity index (χ0) is 17.4. The minimum absolute atomic E-state index is 0.374. The highest BCUT2D eigenvalue weighted by molar-refractivity contribution is 5.79. The van der Waals surface area contributed by atoms with Crippen LogP contribution in [0.1, 0.15) is 19.4 Å². The van der Waals surface area contributed by atoms with Crippen LogP contribution in [0.2, 0.25) is 0 Å². The Morgan fingerprint density at radius 2 is 1.71 bits per heavy atom. The predicted molar refractivity (Wildman–Crippen MR) is 95.3 cm³/mol. The van der Waals surface area contributed by atoms with Crippen molar-refractivity contribution in [1.29, 1.82) is 0 Å². The summed E-state index contributed by atoms with van der Waals surface area (Å²) in [4.78, 5) is 1.79. The molecule has 3 N–H and O–H groups in total. The lowest BCUT2D eigenvalue weighted by Crippen LogP contribution is -2.37. The van der Waals surface area contributed by atoms with Gasteiger partial charge in [0.1, 0.15) is 0 Å². The maximum atomic E-state index is 9.57. The van der Waals surface area contributed by atoms with Crippen LogP contribution >= 0.6 is 0 Å². The highest BCUT2D eigenvalue weighted by Crippen LogP contribution is 2.13. The first-order valence-electron chi connectivity index (χ1n) is 7.83. The number of hydrogen-bond donors (Lipinski definition) is 3. The summed E-state index contributed by atoms with van der Waals surface area (Å²) < 4.78 is 0. The minimum Gasteiger partial charge on any atom is -0.392 e. The number of aliphatic hydroxyl groups is 2. The first-order chi connectivity index (χ1) is 11.5. The Bertz CT molecular complexity index is 619. The second-order valence-corrected chi connectivity index (χ2v) is 5.66. The Labute approximate surface area is 141 Å². The number of aliphatic hydroxyl groups excluding tert-OH is 2. The van der Waals surface area contributed by atoms with Gasteiger partial charge in [0.2, 0.25) is 0 Å². The van der Waals surface area contributed by atoms with Crippen molar-refractivity contribution in [3.8, 4) is 0 Å². The van der Waals surface area contributed by atoms with Crippen molar-refractivity contribution < 1.29 is 10.2 Å². The zero-order valence-corrected chi connectivity index (χ0v) is 13.9. The van der Waals surface area contributed by atoms with Crippen molar-refractivity contribution in [2.75, 3.05) is 23.4 Å². The first kappa shape index (κ1) is 17.8. The van der Waals surface area contributed by atoms with Crippen LogP contribution in [0.25, 0.3) is 0 Å². The molecule has 24 heavy (non-hydrogen) atoms. The maximum absolute atomic E-state index is 9.57. The third-order valence-electron chi connectivity index (χ3n) is 3.14. The van der Waals surface area contributed by atoms with E-state index in [1.807, 2.05) is 30.3 Å². The lowest BCUT2D eigenvalue weighted by Gasteiger charge is -2.25. The molecule has 2 atom stereocenters. The molecule has 0 saturated heterocycles. The van der Waals surface area contributed by atoms with Crippen LogP contribution in [0.5, 0.6) is 0 Å². The van der Waals surface area contributed by atoms with Crippen LogP contribution in [0, 0.1) is 0 Å². The molecule has 7 nitrogen and oxygen atoms in total. The number of benzene rings is 1. The molecule has 0 saturated carbocycles. The highest BCUT2D eigenvalue weighted by atomic mass is 16.3. The SMILES string of the molecule is C[C@@H](O)CN(C[C@@H](C)O)c1ccc(N/N=C\c2ccccc2)nn1. The summed E-state index contributed by atoms with van der Waals surface area (Å²) in [6.45, 7) is 4.13. The lowest BCUT2D eigenvalue weighted by atomic mass is 10.2. The van der Waals surface area contributed by atoms with Crippen molar-refractivity contribution in [3.63, 3.8) is 0 Å². The smallest absolute Gasteiger partial charge is 0.168 e.